The van der Waals surface area contributed by atoms with E-state index in [2.05, 4.69) is 15.4 Å². The van der Waals surface area contributed by atoms with Gasteiger partial charge in [-0.05, 0) is 55.5 Å². The van der Waals surface area contributed by atoms with E-state index in [-0.39, 0.29) is 17.2 Å². The zero-order valence-electron chi connectivity index (χ0n) is 15.1. The number of carbonyl (C=O) groups excluding carboxylic acids is 1. The Morgan fingerprint density at radius 3 is 2.70 bits per heavy atom. The third kappa shape index (κ3) is 5.26. The highest BCUT2D eigenvalue weighted by atomic mass is 35.5. The molecule has 0 aliphatic carbocycles. The zero-order valence-corrected chi connectivity index (χ0v) is 15.9. The molecule has 0 saturated carbocycles. The number of piperidine rings is 1. The van der Waals surface area contributed by atoms with Crippen LogP contribution in [0.1, 0.15) is 36.1 Å². The summed E-state index contributed by atoms with van der Waals surface area (Å²) < 4.78 is 31.2. The number of hydrogen-bond donors (Lipinski definition) is 1. The molecule has 5 nitrogen and oxygen atoms in total. The van der Waals surface area contributed by atoms with E-state index in [1.165, 1.54) is 6.07 Å². The molecule has 0 spiro atoms. The normalized spacial score (nSPS) is 15.9. The van der Waals surface area contributed by atoms with Crippen molar-refractivity contribution in [1.29, 1.82) is 0 Å². The predicted octanol–water partition coefficient (Wildman–Crippen LogP) is 3.63. The lowest BCUT2D eigenvalue weighted by Crippen LogP contribution is -2.44. The fourth-order valence-electron chi connectivity index (χ4n) is 3.31. The number of carbonyl (C=O) groups is 1. The number of hydrogen-bond acceptors (Lipinski definition) is 4. The van der Waals surface area contributed by atoms with E-state index >= 15 is 0 Å². The van der Waals surface area contributed by atoms with Crippen molar-refractivity contribution in [2.75, 3.05) is 13.1 Å². The SMILES string of the molecule is Cc1noc(Cl)c1CCC(=O)NC1CCN(Cc2ccc(F)c(F)c2)CC1. The van der Waals surface area contributed by atoms with Gasteiger partial charge in [-0.25, -0.2) is 8.78 Å². The van der Waals surface area contributed by atoms with Crippen molar-refractivity contribution in [3.63, 3.8) is 0 Å². The van der Waals surface area contributed by atoms with Crippen molar-refractivity contribution >= 4 is 17.5 Å². The molecule has 8 heteroatoms. The Morgan fingerprint density at radius 2 is 2.07 bits per heavy atom. The molecule has 1 saturated heterocycles. The molecule has 27 heavy (non-hydrogen) atoms. The van der Waals surface area contributed by atoms with Crippen LogP contribution in [0.15, 0.2) is 22.7 Å². The van der Waals surface area contributed by atoms with Crippen LogP contribution in [-0.4, -0.2) is 35.1 Å². The molecule has 0 unspecified atom stereocenters. The molecule has 1 aliphatic rings. The number of aromatic nitrogens is 1. The van der Waals surface area contributed by atoms with Gasteiger partial charge in [-0.3, -0.25) is 9.69 Å². The summed E-state index contributed by atoms with van der Waals surface area (Å²) in [6.07, 6.45) is 2.47. The fourth-order valence-corrected chi connectivity index (χ4v) is 3.58. The number of likely N-dealkylation sites (tertiary alicyclic amines) is 1. The van der Waals surface area contributed by atoms with Gasteiger partial charge >= 0.3 is 0 Å². The lowest BCUT2D eigenvalue weighted by atomic mass is 10.0. The van der Waals surface area contributed by atoms with Crippen molar-refractivity contribution in [2.24, 2.45) is 0 Å². The van der Waals surface area contributed by atoms with Gasteiger partial charge in [-0.15, -0.1) is 0 Å². The summed E-state index contributed by atoms with van der Waals surface area (Å²) in [5, 5.41) is 7.07. The summed E-state index contributed by atoms with van der Waals surface area (Å²) in [5.74, 6) is -1.67. The second kappa shape index (κ2) is 8.80. The van der Waals surface area contributed by atoms with Crippen molar-refractivity contribution in [2.45, 2.75) is 45.2 Å². The molecular formula is C19H22ClF2N3O2. The van der Waals surface area contributed by atoms with E-state index < -0.39 is 11.6 Å². The molecule has 0 atom stereocenters. The first-order valence-corrected chi connectivity index (χ1v) is 9.36. The Hall–Kier alpha value is -1.99. The highest BCUT2D eigenvalue weighted by Crippen LogP contribution is 2.21. The van der Waals surface area contributed by atoms with E-state index in [0.717, 1.165) is 43.1 Å². The molecule has 2 heterocycles. The van der Waals surface area contributed by atoms with Gasteiger partial charge < -0.3 is 9.84 Å². The Labute approximate surface area is 161 Å². The average molecular weight is 398 g/mol. The summed E-state index contributed by atoms with van der Waals surface area (Å²) in [6.45, 7) is 3.95. The molecule has 1 aromatic heterocycles. The topological polar surface area (TPSA) is 58.4 Å². The molecule has 1 amide bonds. The Morgan fingerprint density at radius 1 is 1.33 bits per heavy atom. The second-order valence-electron chi connectivity index (χ2n) is 6.89. The molecular weight excluding hydrogens is 376 g/mol. The van der Waals surface area contributed by atoms with Crippen molar-refractivity contribution in [1.82, 2.24) is 15.4 Å². The highest BCUT2D eigenvalue weighted by Gasteiger charge is 2.21. The molecule has 0 radical (unpaired) electrons. The predicted molar refractivity (Wildman–Crippen MR) is 97.4 cm³/mol. The number of benzene rings is 1. The van der Waals surface area contributed by atoms with Crippen LogP contribution in [-0.2, 0) is 17.8 Å². The van der Waals surface area contributed by atoms with E-state index in [0.29, 0.717) is 25.1 Å². The number of rotatable bonds is 6. The largest absolute Gasteiger partial charge is 0.353 e. The lowest BCUT2D eigenvalue weighted by molar-refractivity contribution is -0.122. The Bertz CT molecular complexity index is 785. The van der Waals surface area contributed by atoms with Gasteiger partial charge in [-0.2, -0.15) is 0 Å². The van der Waals surface area contributed by atoms with Crippen LogP contribution < -0.4 is 5.32 Å². The molecule has 146 valence electrons. The zero-order chi connectivity index (χ0) is 19.4. The molecule has 1 aliphatic heterocycles. The number of amides is 1. The minimum absolute atomic E-state index is 0.0225. The Balaban J connectivity index is 1.41. The quantitative estimate of drug-likeness (QED) is 0.808. The fraction of sp³-hybridized carbons (Fsp3) is 0.474. The smallest absolute Gasteiger partial charge is 0.229 e. The molecule has 1 aromatic carbocycles. The average Bonchev–Trinajstić information content (AvgIpc) is 2.96. The highest BCUT2D eigenvalue weighted by molar-refractivity contribution is 6.29. The molecule has 1 N–H and O–H groups in total. The minimum atomic E-state index is -0.831. The third-order valence-corrected chi connectivity index (χ3v) is 5.18. The summed E-state index contributed by atoms with van der Waals surface area (Å²) >= 11 is 5.91. The summed E-state index contributed by atoms with van der Waals surface area (Å²) in [7, 11) is 0. The first-order chi connectivity index (χ1) is 12.9. The maximum absolute atomic E-state index is 13.3. The summed E-state index contributed by atoms with van der Waals surface area (Å²) in [5.41, 5.74) is 2.23. The summed E-state index contributed by atoms with van der Waals surface area (Å²) in [6, 6.07) is 4.12. The van der Waals surface area contributed by atoms with Crippen LogP contribution >= 0.6 is 11.6 Å². The van der Waals surface area contributed by atoms with Crippen molar-refractivity contribution in [3.8, 4) is 0 Å². The van der Waals surface area contributed by atoms with Crippen molar-refractivity contribution in [3.05, 3.63) is 51.9 Å². The molecule has 0 bridgehead atoms. The van der Waals surface area contributed by atoms with Crippen LogP contribution in [0.25, 0.3) is 0 Å². The number of halogens is 3. The van der Waals surface area contributed by atoms with Gasteiger partial charge in [0.15, 0.2) is 11.6 Å². The first kappa shape index (κ1) is 19.8. The number of nitrogens with one attached hydrogen (secondary N) is 1. The van der Waals surface area contributed by atoms with E-state index in [1.54, 1.807) is 13.0 Å². The monoisotopic (exact) mass is 397 g/mol. The lowest BCUT2D eigenvalue weighted by Gasteiger charge is -2.32. The van der Waals surface area contributed by atoms with Gasteiger partial charge in [0.1, 0.15) is 0 Å². The van der Waals surface area contributed by atoms with Crippen LogP contribution in [0, 0.1) is 18.6 Å². The van der Waals surface area contributed by atoms with Gasteiger partial charge in [-0.1, -0.05) is 11.2 Å². The molecule has 3 rings (SSSR count). The van der Waals surface area contributed by atoms with Gasteiger partial charge in [0.05, 0.1) is 5.69 Å². The van der Waals surface area contributed by atoms with E-state index in [1.807, 2.05) is 0 Å². The maximum Gasteiger partial charge on any atom is 0.229 e. The van der Waals surface area contributed by atoms with Crippen LogP contribution in [0.5, 0.6) is 0 Å². The van der Waals surface area contributed by atoms with E-state index in [9.17, 15) is 13.6 Å². The Kier molecular flexibility index (Phi) is 6.44. The van der Waals surface area contributed by atoms with Crippen LogP contribution in [0.3, 0.4) is 0 Å². The van der Waals surface area contributed by atoms with Gasteiger partial charge in [0.25, 0.3) is 0 Å². The minimum Gasteiger partial charge on any atom is -0.353 e. The molecule has 2 aromatic rings. The van der Waals surface area contributed by atoms with E-state index in [4.69, 9.17) is 16.1 Å². The first-order valence-electron chi connectivity index (χ1n) is 8.98. The van der Waals surface area contributed by atoms with Gasteiger partial charge in [0, 0.05) is 37.7 Å². The van der Waals surface area contributed by atoms with Gasteiger partial charge in [0.2, 0.25) is 11.1 Å². The standard InChI is InChI=1S/C19H22ClF2N3O2/c1-12-15(19(20)27-24-12)3-5-18(26)23-14-6-8-25(9-7-14)11-13-2-4-16(21)17(22)10-13/h2,4,10,14H,3,5-9,11H2,1H3,(H,23,26). The van der Waals surface area contributed by atoms with Crippen LogP contribution in [0.2, 0.25) is 5.22 Å². The van der Waals surface area contributed by atoms with Crippen LogP contribution in [0.4, 0.5) is 8.78 Å². The molecule has 1 fully saturated rings. The maximum atomic E-state index is 13.3. The second-order valence-corrected chi connectivity index (χ2v) is 7.23. The number of nitrogens with zero attached hydrogens (tertiary/aromatic N) is 2. The number of aryl methyl sites for hydroxylation is 1. The van der Waals surface area contributed by atoms with Crippen molar-refractivity contribution < 1.29 is 18.1 Å². The summed E-state index contributed by atoms with van der Waals surface area (Å²) in [4.78, 5) is 14.4. The third-order valence-electron chi connectivity index (χ3n) is 4.88.